The Bertz CT molecular complexity index is 869. The number of nitrogens with zero attached hydrogens (tertiary/aromatic N) is 3. The SMILES string of the molecule is O=C1C(=O)N([C@H]2CCCN(C[C@H]3COc4ccccc4O3)C2)C(=O)N1C1CCCCC1. The number of para-hydroxylation sites is 2. The standard InChI is InChI=1S/C23H29N3O5/c27-21-22(28)26(23(29)25(21)16-7-2-1-3-8-16)17-9-6-12-24(13-17)14-18-15-30-19-10-4-5-11-20(19)31-18/h4-5,10-11,16-18H,1-3,6-9,12-15H2/t17-,18-/m0/s1. The predicted molar refractivity (Wildman–Crippen MR) is 112 cm³/mol. The van der Waals surface area contributed by atoms with Crippen molar-refractivity contribution in [3.8, 4) is 11.5 Å². The first-order chi connectivity index (χ1) is 15.1. The third-order valence-electron chi connectivity index (χ3n) is 6.85. The lowest BCUT2D eigenvalue weighted by atomic mass is 9.94. The van der Waals surface area contributed by atoms with Crippen molar-refractivity contribution in [1.29, 1.82) is 0 Å². The van der Waals surface area contributed by atoms with Crippen LogP contribution in [0.25, 0.3) is 0 Å². The van der Waals surface area contributed by atoms with Crippen LogP contribution in [-0.4, -0.2) is 77.0 Å². The van der Waals surface area contributed by atoms with E-state index in [4.69, 9.17) is 9.47 Å². The van der Waals surface area contributed by atoms with Crippen LogP contribution in [0.2, 0.25) is 0 Å². The fourth-order valence-electron chi connectivity index (χ4n) is 5.33. The Kier molecular flexibility index (Phi) is 5.56. The second-order valence-corrected chi connectivity index (χ2v) is 8.98. The van der Waals surface area contributed by atoms with Gasteiger partial charge in [-0.2, -0.15) is 0 Å². The van der Waals surface area contributed by atoms with Gasteiger partial charge in [-0.1, -0.05) is 31.4 Å². The van der Waals surface area contributed by atoms with Crippen LogP contribution in [0.3, 0.4) is 0 Å². The lowest BCUT2D eigenvalue weighted by Gasteiger charge is -2.38. The minimum atomic E-state index is -0.659. The average molecular weight is 428 g/mol. The molecule has 3 aliphatic heterocycles. The molecule has 0 N–H and O–H groups in total. The highest BCUT2D eigenvalue weighted by molar-refractivity contribution is 6.44. The van der Waals surface area contributed by atoms with E-state index in [-0.39, 0.29) is 18.2 Å². The molecule has 166 valence electrons. The summed E-state index contributed by atoms with van der Waals surface area (Å²) < 4.78 is 11.9. The molecule has 1 aliphatic carbocycles. The van der Waals surface area contributed by atoms with E-state index in [1.807, 2.05) is 24.3 Å². The molecule has 4 amide bonds. The first-order valence-electron chi connectivity index (χ1n) is 11.4. The Balaban J connectivity index is 1.23. The van der Waals surface area contributed by atoms with Crippen LogP contribution in [0.15, 0.2) is 24.3 Å². The van der Waals surface area contributed by atoms with E-state index in [9.17, 15) is 14.4 Å². The first-order valence-corrected chi connectivity index (χ1v) is 11.4. The van der Waals surface area contributed by atoms with E-state index >= 15 is 0 Å². The summed E-state index contributed by atoms with van der Waals surface area (Å²) in [4.78, 5) is 43.2. The van der Waals surface area contributed by atoms with Gasteiger partial charge in [-0.25, -0.2) is 4.79 Å². The molecule has 0 radical (unpaired) electrons. The van der Waals surface area contributed by atoms with E-state index in [1.165, 1.54) is 9.80 Å². The molecule has 1 aromatic rings. The zero-order valence-corrected chi connectivity index (χ0v) is 17.7. The van der Waals surface area contributed by atoms with Crippen molar-refractivity contribution in [2.24, 2.45) is 0 Å². The van der Waals surface area contributed by atoms with Crippen LogP contribution in [-0.2, 0) is 9.59 Å². The first kappa shape index (κ1) is 20.3. The van der Waals surface area contributed by atoms with Crippen molar-refractivity contribution in [3.05, 3.63) is 24.3 Å². The Morgan fingerprint density at radius 3 is 2.29 bits per heavy atom. The summed E-state index contributed by atoms with van der Waals surface area (Å²) in [6.45, 7) is 2.55. The normalized spacial score (nSPS) is 27.8. The van der Waals surface area contributed by atoms with Crippen LogP contribution in [0.4, 0.5) is 4.79 Å². The Hall–Kier alpha value is -2.61. The van der Waals surface area contributed by atoms with Gasteiger partial charge in [-0.3, -0.25) is 24.3 Å². The molecule has 0 aromatic heterocycles. The molecule has 3 fully saturated rings. The molecule has 8 heteroatoms. The van der Waals surface area contributed by atoms with Gasteiger partial charge in [0.15, 0.2) is 11.5 Å². The third kappa shape index (κ3) is 3.89. The highest BCUT2D eigenvalue weighted by Gasteiger charge is 2.50. The minimum Gasteiger partial charge on any atom is -0.486 e. The van der Waals surface area contributed by atoms with Crippen molar-refractivity contribution in [1.82, 2.24) is 14.7 Å². The second kappa shape index (κ2) is 8.49. The highest BCUT2D eigenvalue weighted by atomic mass is 16.6. The topological polar surface area (TPSA) is 79.4 Å². The lowest BCUT2D eigenvalue weighted by Crippen LogP contribution is -2.53. The van der Waals surface area contributed by atoms with Gasteiger partial charge in [0.2, 0.25) is 0 Å². The Morgan fingerprint density at radius 2 is 1.52 bits per heavy atom. The summed E-state index contributed by atoms with van der Waals surface area (Å²) >= 11 is 0. The molecule has 4 aliphatic rings. The summed E-state index contributed by atoms with van der Waals surface area (Å²) in [5.74, 6) is 0.194. The zero-order chi connectivity index (χ0) is 21.4. The maximum absolute atomic E-state index is 13.1. The molecule has 8 nitrogen and oxygen atoms in total. The van der Waals surface area contributed by atoms with Crippen LogP contribution in [0, 0.1) is 0 Å². The summed E-state index contributed by atoms with van der Waals surface area (Å²) in [7, 11) is 0. The summed E-state index contributed by atoms with van der Waals surface area (Å²) in [6, 6.07) is 6.80. The van der Waals surface area contributed by atoms with E-state index in [2.05, 4.69) is 4.90 Å². The average Bonchev–Trinajstić information content (AvgIpc) is 3.02. The van der Waals surface area contributed by atoms with Gasteiger partial charge in [0.05, 0.1) is 6.04 Å². The minimum absolute atomic E-state index is 0.112. The largest absolute Gasteiger partial charge is 0.486 e. The monoisotopic (exact) mass is 427 g/mol. The number of piperidine rings is 1. The van der Waals surface area contributed by atoms with Gasteiger partial charge in [-0.05, 0) is 44.4 Å². The van der Waals surface area contributed by atoms with E-state index in [1.54, 1.807) is 0 Å². The molecule has 0 unspecified atom stereocenters. The number of benzene rings is 1. The quantitative estimate of drug-likeness (QED) is 0.542. The number of imide groups is 2. The van der Waals surface area contributed by atoms with Gasteiger partial charge in [0, 0.05) is 19.1 Å². The summed E-state index contributed by atoms with van der Waals surface area (Å²) in [5, 5.41) is 0. The molecular weight excluding hydrogens is 398 g/mol. The number of hydrogen-bond donors (Lipinski definition) is 0. The number of carbonyl (C=O) groups excluding carboxylic acids is 3. The number of carbonyl (C=O) groups is 3. The number of amides is 4. The van der Waals surface area contributed by atoms with E-state index in [0.29, 0.717) is 19.7 Å². The molecule has 2 saturated heterocycles. The van der Waals surface area contributed by atoms with Crippen LogP contribution in [0.5, 0.6) is 11.5 Å². The van der Waals surface area contributed by atoms with E-state index in [0.717, 1.165) is 63.0 Å². The molecule has 0 spiro atoms. The van der Waals surface area contributed by atoms with Gasteiger partial charge in [0.1, 0.15) is 12.7 Å². The Morgan fingerprint density at radius 1 is 0.839 bits per heavy atom. The van der Waals surface area contributed by atoms with Crippen molar-refractivity contribution in [3.63, 3.8) is 0 Å². The second-order valence-electron chi connectivity index (χ2n) is 8.98. The summed E-state index contributed by atoms with van der Waals surface area (Å²) in [5.41, 5.74) is 0. The van der Waals surface area contributed by atoms with Crippen molar-refractivity contribution < 1.29 is 23.9 Å². The number of ether oxygens (including phenoxy) is 2. The maximum Gasteiger partial charge on any atom is 0.334 e. The lowest BCUT2D eigenvalue weighted by molar-refractivity contribution is -0.145. The fraction of sp³-hybridized carbons (Fsp3) is 0.609. The Labute approximate surface area is 182 Å². The smallest absolute Gasteiger partial charge is 0.334 e. The molecule has 31 heavy (non-hydrogen) atoms. The molecule has 3 heterocycles. The number of fused-ring (bicyclic) bond motifs is 1. The third-order valence-corrected chi connectivity index (χ3v) is 6.85. The van der Waals surface area contributed by atoms with Gasteiger partial charge in [0.25, 0.3) is 0 Å². The fourth-order valence-corrected chi connectivity index (χ4v) is 5.33. The number of rotatable bonds is 4. The van der Waals surface area contributed by atoms with Crippen LogP contribution >= 0.6 is 0 Å². The highest BCUT2D eigenvalue weighted by Crippen LogP contribution is 2.32. The molecule has 1 aromatic carbocycles. The number of hydrogen-bond acceptors (Lipinski definition) is 6. The molecule has 2 atom stereocenters. The maximum atomic E-state index is 13.1. The van der Waals surface area contributed by atoms with Crippen molar-refractivity contribution in [2.45, 2.75) is 63.1 Å². The van der Waals surface area contributed by atoms with Gasteiger partial charge in [-0.15, -0.1) is 0 Å². The van der Waals surface area contributed by atoms with Crippen molar-refractivity contribution in [2.75, 3.05) is 26.2 Å². The number of likely N-dealkylation sites (tertiary alicyclic amines) is 1. The van der Waals surface area contributed by atoms with Crippen LogP contribution in [0.1, 0.15) is 44.9 Å². The predicted octanol–water partition coefficient (Wildman–Crippen LogP) is 2.41. The summed E-state index contributed by atoms with van der Waals surface area (Å²) in [6.07, 6.45) is 6.21. The van der Waals surface area contributed by atoms with Gasteiger partial charge < -0.3 is 9.47 Å². The zero-order valence-electron chi connectivity index (χ0n) is 17.7. The number of urea groups is 1. The molecule has 1 saturated carbocycles. The molecular formula is C23H29N3O5. The van der Waals surface area contributed by atoms with Gasteiger partial charge >= 0.3 is 17.8 Å². The van der Waals surface area contributed by atoms with E-state index < -0.39 is 17.8 Å². The molecule has 5 rings (SSSR count). The van der Waals surface area contributed by atoms with Crippen molar-refractivity contribution >= 4 is 17.8 Å². The van der Waals surface area contributed by atoms with Crippen LogP contribution < -0.4 is 9.47 Å². The molecule has 0 bridgehead atoms.